The molecule has 2 heterocycles. The Balaban J connectivity index is 2.13. The lowest BCUT2D eigenvalue weighted by molar-refractivity contribution is 0.0697. The number of pyridine rings is 1. The Morgan fingerprint density at radius 3 is 2.84 bits per heavy atom. The van der Waals surface area contributed by atoms with Gasteiger partial charge in [-0.2, -0.15) is 0 Å². The Labute approximate surface area is 113 Å². The number of carboxylic acids is 1. The molecule has 0 unspecified atom stereocenters. The number of benzene rings is 1. The zero-order valence-electron chi connectivity index (χ0n) is 9.63. The molecule has 0 fully saturated rings. The normalized spacial score (nSPS) is 10.8. The number of rotatable bonds is 2. The zero-order chi connectivity index (χ0) is 13.4. The van der Waals surface area contributed by atoms with Gasteiger partial charge in [-0.1, -0.05) is 11.6 Å². The van der Waals surface area contributed by atoms with Crippen molar-refractivity contribution < 1.29 is 14.3 Å². The number of aromatic nitrogens is 1. The number of nitrogens with zero attached hydrogens (tertiary/aromatic N) is 1. The molecule has 0 atom stereocenters. The Kier molecular flexibility index (Phi) is 2.72. The number of hydrogen-bond donors (Lipinski definition) is 1. The van der Waals surface area contributed by atoms with Gasteiger partial charge in [-0.05, 0) is 30.3 Å². The van der Waals surface area contributed by atoms with Crippen LogP contribution in [0.2, 0.25) is 5.02 Å². The van der Waals surface area contributed by atoms with E-state index in [0.29, 0.717) is 22.1 Å². The number of furan rings is 1. The van der Waals surface area contributed by atoms with E-state index in [2.05, 4.69) is 4.98 Å². The molecule has 0 saturated carbocycles. The maximum absolute atomic E-state index is 10.9. The van der Waals surface area contributed by atoms with E-state index in [9.17, 15) is 4.79 Å². The van der Waals surface area contributed by atoms with Gasteiger partial charge in [-0.25, -0.2) is 4.79 Å². The van der Waals surface area contributed by atoms with E-state index in [1.54, 1.807) is 18.2 Å². The fourth-order valence-corrected chi connectivity index (χ4v) is 1.99. The van der Waals surface area contributed by atoms with Gasteiger partial charge in [0.2, 0.25) is 0 Å². The fourth-order valence-electron chi connectivity index (χ4n) is 1.83. The molecule has 3 aromatic rings. The summed E-state index contributed by atoms with van der Waals surface area (Å²) in [5.41, 5.74) is 1.29. The Morgan fingerprint density at radius 1 is 1.21 bits per heavy atom. The van der Waals surface area contributed by atoms with Gasteiger partial charge >= 0.3 is 5.97 Å². The van der Waals surface area contributed by atoms with E-state index in [-0.39, 0.29) is 5.56 Å². The van der Waals surface area contributed by atoms with E-state index < -0.39 is 5.97 Å². The lowest BCUT2D eigenvalue weighted by Gasteiger charge is -1.97. The number of carbonyl (C=O) groups is 1. The topological polar surface area (TPSA) is 63.3 Å². The van der Waals surface area contributed by atoms with E-state index in [0.717, 1.165) is 5.39 Å². The minimum atomic E-state index is -0.997. The minimum Gasteiger partial charge on any atom is -0.478 e. The van der Waals surface area contributed by atoms with Crippen molar-refractivity contribution in [3.05, 3.63) is 53.2 Å². The highest BCUT2D eigenvalue weighted by Gasteiger charge is 2.10. The smallest absolute Gasteiger partial charge is 0.335 e. The first kappa shape index (κ1) is 11.7. The molecule has 1 N–H and O–H groups in total. The molecule has 0 amide bonds. The number of carboxylic acid groups (broad SMARTS) is 1. The number of halogens is 1. The molecule has 2 aromatic heterocycles. The molecule has 0 radical (unpaired) electrons. The third kappa shape index (κ3) is 2.18. The minimum absolute atomic E-state index is 0.170. The monoisotopic (exact) mass is 273 g/mol. The first-order chi connectivity index (χ1) is 9.13. The number of aromatic carboxylic acids is 1. The second-order valence-corrected chi connectivity index (χ2v) is 4.46. The predicted octanol–water partition coefficient (Wildman–Crippen LogP) is 3.85. The SMILES string of the molecule is O=C(O)c1ccnc(-c2cc3ccc(Cl)cc3o2)c1. The molecular weight excluding hydrogens is 266 g/mol. The summed E-state index contributed by atoms with van der Waals surface area (Å²) in [6.07, 6.45) is 1.44. The van der Waals surface area contributed by atoms with Crippen LogP contribution in [0.5, 0.6) is 0 Å². The number of hydrogen-bond acceptors (Lipinski definition) is 3. The molecule has 0 bridgehead atoms. The highest BCUT2D eigenvalue weighted by Crippen LogP contribution is 2.28. The van der Waals surface area contributed by atoms with Crippen LogP contribution in [0, 0.1) is 0 Å². The molecular formula is C14H8ClNO3. The van der Waals surface area contributed by atoms with Gasteiger partial charge < -0.3 is 9.52 Å². The van der Waals surface area contributed by atoms with Crippen LogP contribution in [-0.2, 0) is 0 Å². The highest BCUT2D eigenvalue weighted by atomic mass is 35.5. The van der Waals surface area contributed by atoms with Crippen LogP contribution in [0.15, 0.2) is 47.0 Å². The maximum atomic E-state index is 10.9. The van der Waals surface area contributed by atoms with Crippen LogP contribution in [0.1, 0.15) is 10.4 Å². The summed E-state index contributed by atoms with van der Waals surface area (Å²) in [4.78, 5) is 15.0. The Morgan fingerprint density at radius 2 is 2.05 bits per heavy atom. The van der Waals surface area contributed by atoms with Crippen molar-refractivity contribution in [2.75, 3.05) is 0 Å². The van der Waals surface area contributed by atoms with Gasteiger partial charge in [0, 0.05) is 22.7 Å². The zero-order valence-corrected chi connectivity index (χ0v) is 10.4. The molecule has 94 valence electrons. The third-order valence-corrected chi connectivity index (χ3v) is 2.98. The van der Waals surface area contributed by atoms with Crippen LogP contribution in [0.25, 0.3) is 22.4 Å². The van der Waals surface area contributed by atoms with E-state index in [4.69, 9.17) is 21.1 Å². The van der Waals surface area contributed by atoms with Crippen LogP contribution < -0.4 is 0 Å². The van der Waals surface area contributed by atoms with Crippen LogP contribution in [-0.4, -0.2) is 16.1 Å². The molecule has 0 spiro atoms. The van der Waals surface area contributed by atoms with Crippen LogP contribution in [0.3, 0.4) is 0 Å². The van der Waals surface area contributed by atoms with E-state index >= 15 is 0 Å². The summed E-state index contributed by atoms with van der Waals surface area (Å²) in [6, 6.07) is 10.0. The van der Waals surface area contributed by atoms with Gasteiger partial charge in [-0.15, -0.1) is 0 Å². The maximum Gasteiger partial charge on any atom is 0.335 e. The summed E-state index contributed by atoms with van der Waals surface area (Å²) in [6.45, 7) is 0. The predicted molar refractivity (Wildman–Crippen MR) is 71.4 cm³/mol. The van der Waals surface area contributed by atoms with Crippen molar-refractivity contribution in [1.29, 1.82) is 0 Å². The molecule has 1 aromatic carbocycles. The van der Waals surface area contributed by atoms with Gasteiger partial charge in [0.1, 0.15) is 11.3 Å². The lowest BCUT2D eigenvalue weighted by atomic mass is 10.2. The largest absolute Gasteiger partial charge is 0.478 e. The first-order valence-corrected chi connectivity index (χ1v) is 5.90. The molecule has 0 saturated heterocycles. The highest BCUT2D eigenvalue weighted by molar-refractivity contribution is 6.31. The van der Waals surface area contributed by atoms with Crippen molar-refractivity contribution in [2.45, 2.75) is 0 Å². The van der Waals surface area contributed by atoms with Crippen molar-refractivity contribution >= 4 is 28.5 Å². The van der Waals surface area contributed by atoms with Gasteiger partial charge in [0.15, 0.2) is 5.76 Å². The summed E-state index contributed by atoms with van der Waals surface area (Å²) in [5.74, 6) is -0.483. The second-order valence-electron chi connectivity index (χ2n) is 4.03. The second kappa shape index (κ2) is 4.40. The quantitative estimate of drug-likeness (QED) is 0.770. The van der Waals surface area contributed by atoms with Gasteiger partial charge in [-0.3, -0.25) is 4.98 Å². The van der Waals surface area contributed by atoms with Crippen molar-refractivity contribution in [2.24, 2.45) is 0 Å². The van der Waals surface area contributed by atoms with E-state index in [1.165, 1.54) is 18.3 Å². The summed E-state index contributed by atoms with van der Waals surface area (Å²) in [5, 5.41) is 10.4. The standard InChI is InChI=1S/C14H8ClNO3/c15-10-2-1-8-6-13(19-12(8)7-10)11-5-9(14(17)18)3-4-16-11/h1-7H,(H,17,18). The molecule has 3 rings (SSSR count). The van der Waals surface area contributed by atoms with Crippen molar-refractivity contribution in [1.82, 2.24) is 4.98 Å². The fraction of sp³-hybridized carbons (Fsp3) is 0. The van der Waals surface area contributed by atoms with Crippen molar-refractivity contribution in [3.8, 4) is 11.5 Å². The van der Waals surface area contributed by atoms with Gasteiger partial charge in [0.05, 0.1) is 5.56 Å². The lowest BCUT2D eigenvalue weighted by Crippen LogP contribution is -1.96. The third-order valence-electron chi connectivity index (χ3n) is 2.74. The summed E-state index contributed by atoms with van der Waals surface area (Å²) >= 11 is 5.89. The Hall–Kier alpha value is -2.33. The average molecular weight is 274 g/mol. The molecule has 0 aliphatic carbocycles. The molecule has 0 aliphatic rings. The molecule has 5 heteroatoms. The number of fused-ring (bicyclic) bond motifs is 1. The van der Waals surface area contributed by atoms with Crippen molar-refractivity contribution in [3.63, 3.8) is 0 Å². The summed E-state index contributed by atoms with van der Waals surface area (Å²) < 4.78 is 5.63. The average Bonchev–Trinajstić information content (AvgIpc) is 2.81. The van der Waals surface area contributed by atoms with Crippen LogP contribution >= 0.6 is 11.6 Å². The van der Waals surface area contributed by atoms with Crippen LogP contribution in [0.4, 0.5) is 0 Å². The van der Waals surface area contributed by atoms with Gasteiger partial charge in [0.25, 0.3) is 0 Å². The summed E-state index contributed by atoms with van der Waals surface area (Å²) in [7, 11) is 0. The first-order valence-electron chi connectivity index (χ1n) is 5.52. The molecule has 0 aliphatic heterocycles. The molecule has 4 nitrogen and oxygen atoms in total. The molecule has 19 heavy (non-hydrogen) atoms. The Bertz CT molecular complexity index is 779. The van der Waals surface area contributed by atoms with E-state index in [1.807, 2.05) is 6.07 Å².